The summed E-state index contributed by atoms with van der Waals surface area (Å²) in [5.74, 6) is 0. The average Bonchev–Trinajstić information content (AvgIpc) is 2.41. The summed E-state index contributed by atoms with van der Waals surface area (Å²) < 4.78 is 0. The fourth-order valence-corrected chi connectivity index (χ4v) is 2.49. The van der Waals surface area contributed by atoms with E-state index in [1.165, 1.54) is 5.56 Å². The second kappa shape index (κ2) is 6.63. The lowest BCUT2D eigenvalue weighted by atomic mass is 10.1. The zero-order valence-corrected chi connectivity index (χ0v) is 11.3. The third kappa shape index (κ3) is 4.01. The van der Waals surface area contributed by atoms with Crippen LogP contribution in [0.3, 0.4) is 0 Å². The Morgan fingerprint density at radius 3 is 2.79 bits per heavy atom. The van der Waals surface area contributed by atoms with Crippen LogP contribution in [0.2, 0.25) is 0 Å². The molecule has 1 atom stereocenters. The van der Waals surface area contributed by atoms with Crippen LogP contribution >= 0.6 is 0 Å². The number of hydrogen-bond donors (Lipinski definition) is 1. The summed E-state index contributed by atoms with van der Waals surface area (Å²) >= 11 is 0. The van der Waals surface area contributed by atoms with Gasteiger partial charge in [0.05, 0.1) is 4.92 Å². The zero-order chi connectivity index (χ0) is 13.7. The van der Waals surface area contributed by atoms with Crippen LogP contribution < -0.4 is 5.32 Å². The number of hydrogen-bond acceptors (Lipinski definition) is 4. The van der Waals surface area contributed by atoms with Crippen molar-refractivity contribution < 1.29 is 4.92 Å². The standard InChI is InChI=1S/C14H21N3O2/c1-12-11-15-8-10-16(12)9-2-3-13-4-6-14(7-5-13)17(18)19/h4-7,12,15H,2-3,8-11H2,1H3/t12-/m0/s1. The van der Waals surface area contributed by atoms with E-state index >= 15 is 0 Å². The Bertz CT molecular complexity index is 419. The van der Waals surface area contributed by atoms with Gasteiger partial charge in [0.2, 0.25) is 0 Å². The largest absolute Gasteiger partial charge is 0.314 e. The molecule has 1 aromatic carbocycles. The molecule has 1 saturated heterocycles. The number of rotatable bonds is 5. The molecule has 104 valence electrons. The molecule has 0 aromatic heterocycles. The SMILES string of the molecule is C[C@H]1CNCCN1CCCc1ccc([N+](=O)[O-])cc1. The molecule has 5 nitrogen and oxygen atoms in total. The Kier molecular flexibility index (Phi) is 4.87. The quantitative estimate of drug-likeness (QED) is 0.650. The second-order valence-electron chi connectivity index (χ2n) is 5.12. The fraction of sp³-hybridized carbons (Fsp3) is 0.571. The Hall–Kier alpha value is -1.46. The van der Waals surface area contributed by atoms with Crippen molar-refractivity contribution in [2.45, 2.75) is 25.8 Å². The maximum atomic E-state index is 10.6. The highest BCUT2D eigenvalue weighted by Crippen LogP contribution is 2.13. The van der Waals surface area contributed by atoms with Crippen molar-refractivity contribution in [3.8, 4) is 0 Å². The van der Waals surface area contributed by atoms with E-state index in [-0.39, 0.29) is 10.6 Å². The summed E-state index contributed by atoms with van der Waals surface area (Å²) in [5, 5.41) is 13.9. The van der Waals surface area contributed by atoms with Crippen molar-refractivity contribution in [1.29, 1.82) is 0 Å². The van der Waals surface area contributed by atoms with Gasteiger partial charge in [0, 0.05) is 37.8 Å². The van der Waals surface area contributed by atoms with Gasteiger partial charge in [-0.3, -0.25) is 15.0 Å². The number of benzene rings is 1. The number of aryl methyl sites for hydroxylation is 1. The summed E-state index contributed by atoms with van der Waals surface area (Å²) in [5.41, 5.74) is 1.34. The van der Waals surface area contributed by atoms with Gasteiger partial charge in [-0.1, -0.05) is 12.1 Å². The highest BCUT2D eigenvalue weighted by Gasteiger charge is 2.16. The Labute approximate surface area is 113 Å². The molecule has 0 radical (unpaired) electrons. The molecule has 1 N–H and O–H groups in total. The number of nitrogens with zero attached hydrogens (tertiary/aromatic N) is 2. The van der Waals surface area contributed by atoms with Gasteiger partial charge in [-0.2, -0.15) is 0 Å². The number of nitro groups is 1. The molecule has 1 fully saturated rings. The molecule has 1 aliphatic rings. The summed E-state index contributed by atoms with van der Waals surface area (Å²) in [4.78, 5) is 12.7. The van der Waals surface area contributed by atoms with Gasteiger partial charge in [-0.05, 0) is 31.9 Å². The first-order valence-electron chi connectivity index (χ1n) is 6.85. The number of non-ortho nitro benzene ring substituents is 1. The van der Waals surface area contributed by atoms with Crippen LogP contribution in [0.25, 0.3) is 0 Å². The van der Waals surface area contributed by atoms with E-state index < -0.39 is 0 Å². The molecule has 2 rings (SSSR count). The van der Waals surface area contributed by atoms with Crippen molar-refractivity contribution in [2.75, 3.05) is 26.2 Å². The highest BCUT2D eigenvalue weighted by molar-refractivity contribution is 5.32. The first kappa shape index (κ1) is 14.0. The summed E-state index contributed by atoms with van der Waals surface area (Å²) in [7, 11) is 0. The molecule has 1 aliphatic heterocycles. The van der Waals surface area contributed by atoms with Crippen LogP contribution in [0.1, 0.15) is 18.9 Å². The first-order valence-corrected chi connectivity index (χ1v) is 6.85. The minimum absolute atomic E-state index is 0.166. The number of nitrogens with one attached hydrogen (secondary N) is 1. The lowest BCUT2D eigenvalue weighted by molar-refractivity contribution is -0.384. The molecular weight excluding hydrogens is 242 g/mol. The normalized spacial score (nSPS) is 20.4. The molecule has 1 heterocycles. The van der Waals surface area contributed by atoms with E-state index in [1.807, 2.05) is 12.1 Å². The third-order valence-electron chi connectivity index (χ3n) is 3.70. The van der Waals surface area contributed by atoms with Crippen LogP contribution in [-0.2, 0) is 6.42 Å². The molecule has 1 aromatic rings. The maximum absolute atomic E-state index is 10.6. The third-order valence-corrected chi connectivity index (χ3v) is 3.70. The van der Waals surface area contributed by atoms with Gasteiger partial charge >= 0.3 is 0 Å². The molecule has 0 spiro atoms. The van der Waals surface area contributed by atoms with Gasteiger partial charge in [0.25, 0.3) is 5.69 Å². The molecular formula is C14H21N3O2. The van der Waals surface area contributed by atoms with E-state index in [4.69, 9.17) is 0 Å². The van der Waals surface area contributed by atoms with Crippen LogP contribution in [0.5, 0.6) is 0 Å². The van der Waals surface area contributed by atoms with Gasteiger partial charge in [0.1, 0.15) is 0 Å². The lowest BCUT2D eigenvalue weighted by Crippen LogP contribution is -2.49. The zero-order valence-electron chi connectivity index (χ0n) is 11.3. The molecule has 0 bridgehead atoms. The van der Waals surface area contributed by atoms with Crippen LogP contribution in [0.4, 0.5) is 5.69 Å². The molecule has 0 amide bonds. The number of piperazine rings is 1. The summed E-state index contributed by atoms with van der Waals surface area (Å²) in [6.45, 7) is 6.60. The minimum Gasteiger partial charge on any atom is -0.314 e. The monoisotopic (exact) mass is 263 g/mol. The maximum Gasteiger partial charge on any atom is 0.269 e. The summed E-state index contributed by atoms with van der Waals surface area (Å²) in [6.07, 6.45) is 2.08. The predicted octanol–water partition coefficient (Wildman–Crippen LogP) is 1.82. The van der Waals surface area contributed by atoms with Gasteiger partial charge in [0.15, 0.2) is 0 Å². The van der Waals surface area contributed by atoms with E-state index in [9.17, 15) is 10.1 Å². The topological polar surface area (TPSA) is 58.4 Å². The van der Waals surface area contributed by atoms with Crippen LogP contribution in [0.15, 0.2) is 24.3 Å². The van der Waals surface area contributed by atoms with E-state index in [1.54, 1.807) is 12.1 Å². The highest BCUT2D eigenvalue weighted by atomic mass is 16.6. The Morgan fingerprint density at radius 2 is 2.16 bits per heavy atom. The molecule has 0 saturated carbocycles. The van der Waals surface area contributed by atoms with E-state index in [0.29, 0.717) is 6.04 Å². The Morgan fingerprint density at radius 1 is 1.42 bits per heavy atom. The average molecular weight is 263 g/mol. The van der Waals surface area contributed by atoms with Crippen molar-refractivity contribution >= 4 is 5.69 Å². The molecule has 0 aliphatic carbocycles. The van der Waals surface area contributed by atoms with Crippen molar-refractivity contribution in [1.82, 2.24) is 10.2 Å². The minimum atomic E-state index is -0.355. The molecule has 0 unspecified atom stereocenters. The molecule has 19 heavy (non-hydrogen) atoms. The molecule has 5 heteroatoms. The smallest absolute Gasteiger partial charge is 0.269 e. The van der Waals surface area contributed by atoms with Crippen LogP contribution in [-0.4, -0.2) is 42.0 Å². The fourth-order valence-electron chi connectivity index (χ4n) is 2.49. The van der Waals surface area contributed by atoms with Gasteiger partial charge in [-0.15, -0.1) is 0 Å². The summed E-state index contributed by atoms with van der Waals surface area (Å²) in [6, 6.07) is 7.50. The first-order chi connectivity index (χ1) is 9.16. The predicted molar refractivity (Wildman–Crippen MR) is 75.3 cm³/mol. The van der Waals surface area contributed by atoms with Crippen molar-refractivity contribution in [2.24, 2.45) is 0 Å². The van der Waals surface area contributed by atoms with Crippen LogP contribution in [0, 0.1) is 10.1 Å². The van der Waals surface area contributed by atoms with Crippen molar-refractivity contribution in [3.63, 3.8) is 0 Å². The van der Waals surface area contributed by atoms with Gasteiger partial charge < -0.3 is 5.32 Å². The van der Waals surface area contributed by atoms with E-state index in [0.717, 1.165) is 39.0 Å². The van der Waals surface area contributed by atoms with Gasteiger partial charge in [-0.25, -0.2) is 0 Å². The van der Waals surface area contributed by atoms with E-state index in [2.05, 4.69) is 17.1 Å². The number of nitro benzene ring substituents is 1. The lowest BCUT2D eigenvalue weighted by Gasteiger charge is -2.33. The Balaban J connectivity index is 1.77. The van der Waals surface area contributed by atoms with Crippen molar-refractivity contribution in [3.05, 3.63) is 39.9 Å². The second-order valence-corrected chi connectivity index (χ2v) is 5.12.